The molecule has 19 heavy (non-hydrogen) atoms. The molecule has 0 radical (unpaired) electrons. The third kappa shape index (κ3) is 3.66. The van der Waals surface area contributed by atoms with Crippen LogP contribution in [0.5, 0.6) is 0 Å². The van der Waals surface area contributed by atoms with Crippen LogP contribution in [0.25, 0.3) is 0 Å². The number of pyridine rings is 1. The van der Waals surface area contributed by atoms with E-state index in [2.05, 4.69) is 20.9 Å². The van der Waals surface area contributed by atoms with Gasteiger partial charge in [0.2, 0.25) is 10.0 Å². The molecule has 1 aromatic rings. The first kappa shape index (κ1) is 16.8. The van der Waals surface area contributed by atoms with Crippen molar-refractivity contribution >= 4 is 38.4 Å². The Hall–Kier alpha value is -0.210. The summed E-state index contributed by atoms with van der Waals surface area (Å²) < 4.78 is 27.2. The Morgan fingerprint density at radius 2 is 2.16 bits per heavy atom. The highest BCUT2D eigenvalue weighted by molar-refractivity contribution is 9.10. The molecule has 0 aromatic carbocycles. The van der Waals surface area contributed by atoms with Gasteiger partial charge in [0.1, 0.15) is 4.90 Å². The molecular formula is C11H17BrClN3O2S. The van der Waals surface area contributed by atoms with Gasteiger partial charge in [0, 0.05) is 36.0 Å². The molecule has 1 fully saturated rings. The van der Waals surface area contributed by atoms with Crippen molar-refractivity contribution in [2.24, 2.45) is 5.73 Å². The summed E-state index contributed by atoms with van der Waals surface area (Å²) in [6.07, 6.45) is 5.69. The topological polar surface area (TPSA) is 76.3 Å². The van der Waals surface area contributed by atoms with Gasteiger partial charge in [-0.3, -0.25) is 4.98 Å². The Balaban J connectivity index is 0.00000180. The largest absolute Gasteiger partial charge is 0.329 e. The van der Waals surface area contributed by atoms with Crippen LogP contribution >= 0.6 is 28.3 Å². The molecule has 0 bridgehead atoms. The molecule has 1 unspecified atom stereocenters. The summed E-state index contributed by atoms with van der Waals surface area (Å²) in [4.78, 5) is 4.13. The zero-order valence-electron chi connectivity index (χ0n) is 10.3. The lowest BCUT2D eigenvalue weighted by Gasteiger charge is -2.33. The van der Waals surface area contributed by atoms with Crippen molar-refractivity contribution < 1.29 is 8.42 Å². The van der Waals surface area contributed by atoms with E-state index in [0.717, 1.165) is 19.3 Å². The average Bonchev–Trinajstić information content (AvgIpc) is 2.38. The van der Waals surface area contributed by atoms with Gasteiger partial charge in [-0.25, -0.2) is 8.42 Å². The molecule has 0 amide bonds. The van der Waals surface area contributed by atoms with Crippen LogP contribution in [0.3, 0.4) is 0 Å². The molecule has 1 saturated heterocycles. The number of piperidine rings is 1. The van der Waals surface area contributed by atoms with E-state index in [9.17, 15) is 8.42 Å². The Kier molecular flexibility index (Phi) is 6.19. The fourth-order valence-electron chi connectivity index (χ4n) is 2.19. The molecule has 0 aliphatic carbocycles. The average molecular weight is 371 g/mol. The lowest BCUT2D eigenvalue weighted by molar-refractivity contribution is 0.257. The third-order valence-electron chi connectivity index (χ3n) is 3.13. The number of nitrogens with two attached hydrogens (primary N) is 1. The summed E-state index contributed by atoms with van der Waals surface area (Å²) in [7, 11) is -3.48. The van der Waals surface area contributed by atoms with Crippen molar-refractivity contribution in [3.8, 4) is 0 Å². The maximum Gasteiger partial charge on any atom is 0.244 e. The van der Waals surface area contributed by atoms with Gasteiger partial charge in [0.05, 0.1) is 0 Å². The van der Waals surface area contributed by atoms with Crippen LogP contribution in [0.2, 0.25) is 0 Å². The van der Waals surface area contributed by atoms with Crippen molar-refractivity contribution in [1.82, 2.24) is 9.29 Å². The summed E-state index contributed by atoms with van der Waals surface area (Å²) in [6.45, 7) is 0.900. The number of aromatic nitrogens is 1. The summed E-state index contributed by atoms with van der Waals surface area (Å²) >= 11 is 3.24. The first-order valence-electron chi connectivity index (χ1n) is 5.88. The van der Waals surface area contributed by atoms with Crippen LogP contribution in [-0.2, 0) is 10.0 Å². The summed E-state index contributed by atoms with van der Waals surface area (Å²) in [5.41, 5.74) is 5.67. The van der Waals surface area contributed by atoms with E-state index in [-0.39, 0.29) is 23.3 Å². The highest BCUT2D eigenvalue weighted by Gasteiger charge is 2.32. The zero-order chi connectivity index (χ0) is 13.2. The molecule has 0 saturated carbocycles. The summed E-state index contributed by atoms with van der Waals surface area (Å²) in [5.74, 6) is 0. The smallest absolute Gasteiger partial charge is 0.244 e. The SMILES string of the molecule is Cl.NCC1CCCCN1S(=O)(=O)c1cncc(Br)c1. The third-order valence-corrected chi connectivity index (χ3v) is 5.48. The Morgan fingerprint density at radius 1 is 1.42 bits per heavy atom. The van der Waals surface area contributed by atoms with E-state index in [1.165, 1.54) is 10.5 Å². The van der Waals surface area contributed by atoms with Crippen LogP contribution in [-0.4, -0.2) is 36.8 Å². The molecule has 1 atom stereocenters. The van der Waals surface area contributed by atoms with Gasteiger partial charge in [0.25, 0.3) is 0 Å². The molecule has 2 rings (SSSR count). The van der Waals surface area contributed by atoms with Crippen LogP contribution in [0, 0.1) is 0 Å². The van der Waals surface area contributed by atoms with E-state index in [0.29, 0.717) is 17.6 Å². The number of hydrogen-bond acceptors (Lipinski definition) is 4. The fraction of sp³-hybridized carbons (Fsp3) is 0.545. The van der Waals surface area contributed by atoms with Gasteiger partial charge in [-0.05, 0) is 34.8 Å². The van der Waals surface area contributed by atoms with Crippen LogP contribution in [0.1, 0.15) is 19.3 Å². The monoisotopic (exact) mass is 369 g/mol. The molecule has 1 aliphatic rings. The second kappa shape index (κ2) is 6.99. The van der Waals surface area contributed by atoms with E-state index in [1.807, 2.05) is 0 Å². The minimum Gasteiger partial charge on any atom is -0.329 e. The van der Waals surface area contributed by atoms with Gasteiger partial charge in [-0.1, -0.05) is 6.42 Å². The Bertz CT molecular complexity index is 526. The molecule has 108 valence electrons. The summed E-state index contributed by atoms with van der Waals surface area (Å²) in [6, 6.07) is 1.48. The maximum absolute atomic E-state index is 12.5. The van der Waals surface area contributed by atoms with Crippen molar-refractivity contribution in [2.75, 3.05) is 13.1 Å². The van der Waals surface area contributed by atoms with Crippen molar-refractivity contribution in [3.05, 3.63) is 22.9 Å². The molecule has 2 N–H and O–H groups in total. The number of nitrogens with zero attached hydrogens (tertiary/aromatic N) is 2. The second-order valence-electron chi connectivity index (χ2n) is 4.34. The molecule has 1 aromatic heterocycles. The quantitative estimate of drug-likeness (QED) is 0.879. The van der Waals surface area contributed by atoms with Crippen molar-refractivity contribution in [3.63, 3.8) is 0 Å². The van der Waals surface area contributed by atoms with Gasteiger partial charge in [0.15, 0.2) is 0 Å². The van der Waals surface area contributed by atoms with Gasteiger partial charge in [-0.15, -0.1) is 12.4 Å². The van der Waals surface area contributed by atoms with Gasteiger partial charge in [-0.2, -0.15) is 4.31 Å². The van der Waals surface area contributed by atoms with Gasteiger partial charge >= 0.3 is 0 Å². The number of hydrogen-bond donors (Lipinski definition) is 1. The van der Waals surface area contributed by atoms with E-state index >= 15 is 0 Å². The first-order chi connectivity index (χ1) is 8.55. The molecular weight excluding hydrogens is 354 g/mol. The second-order valence-corrected chi connectivity index (χ2v) is 7.15. The molecule has 1 aliphatic heterocycles. The predicted molar refractivity (Wildman–Crippen MR) is 79.8 cm³/mol. The standard InChI is InChI=1S/C11H16BrN3O2S.ClH/c12-9-5-11(8-14-7-9)18(16,17)15-4-2-1-3-10(15)6-13;/h5,7-8,10H,1-4,6,13H2;1H. The van der Waals surface area contributed by atoms with E-state index in [4.69, 9.17) is 5.73 Å². The molecule has 8 heteroatoms. The highest BCUT2D eigenvalue weighted by Crippen LogP contribution is 2.25. The molecule has 5 nitrogen and oxygen atoms in total. The normalized spacial score (nSPS) is 20.8. The number of rotatable bonds is 3. The summed E-state index contributed by atoms with van der Waals surface area (Å²) in [5, 5.41) is 0. The van der Waals surface area contributed by atoms with E-state index < -0.39 is 10.0 Å². The van der Waals surface area contributed by atoms with E-state index in [1.54, 1.807) is 12.3 Å². The lowest BCUT2D eigenvalue weighted by atomic mass is 10.1. The van der Waals surface area contributed by atoms with Crippen LogP contribution in [0.4, 0.5) is 0 Å². The Labute approximate surface area is 128 Å². The Morgan fingerprint density at radius 3 is 2.79 bits per heavy atom. The zero-order valence-corrected chi connectivity index (χ0v) is 13.5. The van der Waals surface area contributed by atoms with Crippen molar-refractivity contribution in [2.45, 2.75) is 30.2 Å². The minimum atomic E-state index is -3.48. The highest BCUT2D eigenvalue weighted by atomic mass is 79.9. The minimum absolute atomic E-state index is 0. The number of halogens is 2. The van der Waals surface area contributed by atoms with Crippen LogP contribution in [0.15, 0.2) is 27.8 Å². The van der Waals surface area contributed by atoms with Gasteiger partial charge < -0.3 is 5.73 Å². The molecule has 2 heterocycles. The predicted octanol–water partition coefficient (Wildman–Crippen LogP) is 1.77. The van der Waals surface area contributed by atoms with Crippen LogP contribution < -0.4 is 5.73 Å². The van der Waals surface area contributed by atoms with Crippen molar-refractivity contribution in [1.29, 1.82) is 0 Å². The first-order valence-corrected chi connectivity index (χ1v) is 8.11. The maximum atomic E-state index is 12.5. The molecule has 0 spiro atoms. The number of sulfonamides is 1. The fourth-order valence-corrected chi connectivity index (χ4v) is 4.41. The lowest BCUT2D eigenvalue weighted by Crippen LogP contribution is -2.47.